The molecule has 2 N–H and O–H groups in total. The summed E-state index contributed by atoms with van der Waals surface area (Å²) >= 11 is 0. The van der Waals surface area contributed by atoms with Crippen molar-refractivity contribution in [2.45, 2.75) is 62.7 Å². The number of nitrogens with one attached hydrogen (secondary N) is 1. The molecule has 3 atom stereocenters. The van der Waals surface area contributed by atoms with Crippen LogP contribution in [0.1, 0.15) is 61.0 Å². The number of hydrazine groups is 1. The van der Waals surface area contributed by atoms with Crippen LogP contribution in [0.3, 0.4) is 0 Å². The zero-order valence-electron chi connectivity index (χ0n) is 22.8. The lowest BCUT2D eigenvalue weighted by atomic mass is 9.81. The van der Waals surface area contributed by atoms with Gasteiger partial charge in [-0.15, -0.1) is 12.4 Å². The monoisotopic (exact) mass is 627 g/mol. The maximum Gasteiger partial charge on any atom is 0.416 e. The number of amides is 1. The molecule has 2 saturated heterocycles. The van der Waals surface area contributed by atoms with Crippen LogP contribution in [0.5, 0.6) is 0 Å². The van der Waals surface area contributed by atoms with Crippen LogP contribution in [-0.4, -0.2) is 59.8 Å². The quantitative estimate of drug-likeness (QED) is 0.360. The Kier molecular flexibility index (Phi) is 10.9. The maximum absolute atomic E-state index is 13.8. The molecular weight excluding hydrogens is 595 g/mol. The lowest BCUT2D eigenvalue weighted by Crippen LogP contribution is -2.57. The van der Waals surface area contributed by atoms with Crippen molar-refractivity contribution in [2.24, 2.45) is 0 Å². The van der Waals surface area contributed by atoms with Crippen LogP contribution in [0.15, 0.2) is 42.5 Å². The van der Waals surface area contributed by atoms with Crippen LogP contribution in [0.2, 0.25) is 0 Å². The summed E-state index contributed by atoms with van der Waals surface area (Å²) < 4.78 is 101. The zero-order valence-corrected chi connectivity index (χ0v) is 23.6. The number of nitrogens with zero attached hydrogens (tertiary/aromatic N) is 2. The number of halogens is 8. The number of likely N-dealkylation sites (tertiary alicyclic amines) is 1. The van der Waals surface area contributed by atoms with Crippen molar-refractivity contribution in [1.29, 1.82) is 0 Å². The summed E-state index contributed by atoms with van der Waals surface area (Å²) in [4.78, 5) is 14.7. The Morgan fingerprint density at radius 1 is 1.02 bits per heavy atom. The summed E-state index contributed by atoms with van der Waals surface area (Å²) in [6.07, 6.45) is -9.37. The molecule has 0 aromatic heterocycles. The van der Waals surface area contributed by atoms with Gasteiger partial charge in [0.15, 0.2) is 0 Å². The van der Waals surface area contributed by atoms with Gasteiger partial charge in [-0.1, -0.05) is 12.1 Å². The molecule has 234 valence electrons. The first kappa shape index (κ1) is 34.0. The average Bonchev–Trinajstić information content (AvgIpc) is 3.41. The van der Waals surface area contributed by atoms with Crippen LogP contribution < -0.4 is 5.43 Å². The highest BCUT2D eigenvalue weighted by molar-refractivity contribution is 5.85. The second kappa shape index (κ2) is 13.5. The molecule has 2 aliphatic rings. The molecule has 4 rings (SSSR count). The van der Waals surface area contributed by atoms with Crippen molar-refractivity contribution in [2.75, 3.05) is 32.8 Å². The number of carbonyl (C=O) groups excluding carboxylic acids is 1. The first-order chi connectivity index (χ1) is 19.2. The Morgan fingerprint density at radius 2 is 1.60 bits per heavy atom. The van der Waals surface area contributed by atoms with Crippen LogP contribution in [-0.2, 0) is 27.5 Å². The predicted molar refractivity (Wildman–Crippen MR) is 142 cm³/mol. The van der Waals surface area contributed by atoms with E-state index in [0.717, 1.165) is 25.9 Å². The summed E-state index contributed by atoms with van der Waals surface area (Å²) in [6.45, 7) is 2.99. The van der Waals surface area contributed by atoms with E-state index in [9.17, 15) is 40.6 Å². The molecular formula is C28H33ClF7N3O3. The van der Waals surface area contributed by atoms with Crippen LogP contribution >= 0.6 is 12.4 Å². The number of aliphatic hydroxyl groups excluding tert-OH is 1. The lowest BCUT2D eigenvalue weighted by Gasteiger charge is -2.47. The zero-order chi connectivity index (χ0) is 30.0. The highest BCUT2D eigenvalue weighted by atomic mass is 35.5. The Balaban J connectivity index is 0.00000484. The average molecular weight is 628 g/mol. The smallest absolute Gasteiger partial charge is 0.393 e. The Bertz CT molecular complexity index is 1170. The molecule has 1 amide bonds. The Morgan fingerprint density at radius 3 is 2.10 bits per heavy atom. The molecule has 0 aliphatic carbocycles. The summed E-state index contributed by atoms with van der Waals surface area (Å²) in [5.41, 5.74) is -1.54. The third-order valence-electron chi connectivity index (χ3n) is 7.63. The molecule has 14 heteroatoms. The number of rotatable bonds is 8. The van der Waals surface area contributed by atoms with E-state index in [2.05, 4.69) is 5.43 Å². The van der Waals surface area contributed by atoms with E-state index in [-0.39, 0.29) is 56.4 Å². The van der Waals surface area contributed by atoms with Crippen molar-refractivity contribution in [1.82, 2.24) is 15.3 Å². The number of hydrogen-bond donors (Lipinski definition) is 2. The standard InChI is InChI=1S/C28H32F7N3O3.ClH/c1-18-15-26(20-4-6-23(29)7-5-20,8-11-38(18)36-25(40)16-37-9-2-3-10-37)41-24(17-39)19-12-21(27(30,31)32)14-22(13-19)28(33,34)35;/h4-7,12-14,18,24,39H,2-3,8-11,15-17H2,1H3,(H,36,40);1H. The lowest BCUT2D eigenvalue weighted by molar-refractivity contribution is -0.163. The number of carbonyl (C=O) groups is 1. The van der Waals surface area contributed by atoms with Gasteiger partial charge in [-0.2, -0.15) is 26.3 Å². The Hall–Kier alpha value is -2.45. The molecule has 3 unspecified atom stereocenters. The number of alkyl halides is 6. The fourth-order valence-corrected chi connectivity index (χ4v) is 5.56. The molecule has 0 spiro atoms. The van der Waals surface area contributed by atoms with E-state index in [1.165, 1.54) is 24.3 Å². The molecule has 2 aliphatic heterocycles. The Labute approximate surface area is 245 Å². The van der Waals surface area contributed by atoms with Gasteiger partial charge in [0.25, 0.3) is 0 Å². The van der Waals surface area contributed by atoms with Gasteiger partial charge >= 0.3 is 12.4 Å². The van der Waals surface area contributed by atoms with Gasteiger partial charge < -0.3 is 9.84 Å². The number of ether oxygens (including phenoxy) is 1. The number of piperidine rings is 1. The molecule has 2 fully saturated rings. The molecule has 2 aromatic rings. The van der Waals surface area contributed by atoms with Gasteiger partial charge in [-0.25, -0.2) is 9.40 Å². The van der Waals surface area contributed by atoms with Crippen molar-refractivity contribution in [3.05, 3.63) is 70.5 Å². The van der Waals surface area contributed by atoms with Crippen molar-refractivity contribution in [3.8, 4) is 0 Å². The predicted octanol–water partition coefficient (Wildman–Crippen LogP) is 5.84. The number of aliphatic hydroxyl groups is 1. The highest BCUT2D eigenvalue weighted by Crippen LogP contribution is 2.44. The molecule has 6 nitrogen and oxygen atoms in total. The third-order valence-corrected chi connectivity index (χ3v) is 7.63. The normalized spacial score (nSPS) is 22.9. The van der Waals surface area contributed by atoms with Crippen molar-refractivity contribution < 1.29 is 45.4 Å². The van der Waals surface area contributed by atoms with Gasteiger partial charge in [0.2, 0.25) is 5.91 Å². The summed E-state index contributed by atoms with van der Waals surface area (Å²) in [6, 6.07) is 5.92. The van der Waals surface area contributed by atoms with Crippen LogP contribution in [0.25, 0.3) is 0 Å². The van der Waals surface area contributed by atoms with Crippen LogP contribution in [0.4, 0.5) is 30.7 Å². The second-order valence-electron chi connectivity index (χ2n) is 10.6. The number of hydrogen-bond acceptors (Lipinski definition) is 5. The molecule has 42 heavy (non-hydrogen) atoms. The van der Waals surface area contributed by atoms with Gasteiger partial charge in [-0.05, 0) is 87.2 Å². The SMILES string of the molecule is CC1CC(OC(CO)c2cc(C(F)(F)F)cc(C(F)(F)F)c2)(c2ccc(F)cc2)CCN1NC(=O)CN1CCCC1.Cl. The summed E-state index contributed by atoms with van der Waals surface area (Å²) in [7, 11) is 0. The second-order valence-corrected chi connectivity index (χ2v) is 10.6. The van der Waals surface area contributed by atoms with E-state index in [0.29, 0.717) is 17.7 Å². The summed E-state index contributed by atoms with van der Waals surface area (Å²) in [5.74, 6) is -0.749. The summed E-state index contributed by atoms with van der Waals surface area (Å²) in [5, 5.41) is 11.9. The van der Waals surface area contributed by atoms with Crippen molar-refractivity contribution >= 4 is 18.3 Å². The minimum absolute atomic E-state index is 0. The van der Waals surface area contributed by atoms with Crippen LogP contribution in [0, 0.1) is 5.82 Å². The van der Waals surface area contributed by atoms with E-state index in [1.54, 1.807) is 11.9 Å². The van der Waals surface area contributed by atoms with E-state index in [4.69, 9.17) is 4.74 Å². The first-order valence-corrected chi connectivity index (χ1v) is 13.3. The van der Waals surface area contributed by atoms with Gasteiger partial charge in [0.1, 0.15) is 11.9 Å². The minimum Gasteiger partial charge on any atom is -0.393 e. The topological polar surface area (TPSA) is 65.0 Å². The fourth-order valence-electron chi connectivity index (χ4n) is 5.56. The van der Waals surface area contributed by atoms with E-state index < -0.39 is 53.2 Å². The van der Waals surface area contributed by atoms with E-state index in [1.807, 2.05) is 4.90 Å². The maximum atomic E-state index is 13.8. The van der Waals surface area contributed by atoms with Gasteiger partial charge in [-0.3, -0.25) is 15.1 Å². The highest BCUT2D eigenvalue weighted by Gasteiger charge is 2.44. The molecule has 2 heterocycles. The van der Waals surface area contributed by atoms with Gasteiger partial charge in [0, 0.05) is 12.6 Å². The third kappa shape index (κ3) is 8.13. The number of benzene rings is 2. The molecule has 2 aromatic carbocycles. The molecule has 0 radical (unpaired) electrons. The molecule has 0 saturated carbocycles. The largest absolute Gasteiger partial charge is 0.416 e. The van der Waals surface area contributed by atoms with Gasteiger partial charge in [0.05, 0.1) is 29.9 Å². The van der Waals surface area contributed by atoms with E-state index >= 15 is 0 Å². The first-order valence-electron chi connectivity index (χ1n) is 13.3. The fraction of sp³-hybridized carbons (Fsp3) is 0.536. The minimum atomic E-state index is -5.07. The molecule has 0 bridgehead atoms. The van der Waals surface area contributed by atoms with Crippen molar-refractivity contribution in [3.63, 3.8) is 0 Å².